The Balaban J connectivity index is 0.000000466. The summed E-state index contributed by atoms with van der Waals surface area (Å²) in [6.45, 7) is 0. The standard InChI is InChI=1S/C10H18O4.2C6H6N2O/c11-9(12)7-5-3-1-2-4-6-8-10(13)14;2*7-6(9)5-2-1-3-8-4-5/h1-8H2,(H,11,12)(H,13,14);2*1-4H,(H2,7,9). The predicted octanol–water partition coefficient (Wildman–Crippen LogP) is 2.64. The van der Waals surface area contributed by atoms with E-state index in [0.29, 0.717) is 11.1 Å². The number of nitrogens with two attached hydrogens (primary N) is 2. The van der Waals surface area contributed by atoms with Gasteiger partial charge in [-0.05, 0) is 37.1 Å². The minimum Gasteiger partial charge on any atom is -0.481 e. The minimum absolute atomic E-state index is 0.245. The lowest BCUT2D eigenvalue weighted by Crippen LogP contribution is -2.10. The summed E-state index contributed by atoms with van der Waals surface area (Å²) in [5.41, 5.74) is 10.8. The number of aliphatic carboxylic acids is 2. The molecular formula is C22H30N4O6. The van der Waals surface area contributed by atoms with E-state index in [2.05, 4.69) is 9.97 Å². The van der Waals surface area contributed by atoms with Gasteiger partial charge < -0.3 is 21.7 Å². The molecule has 174 valence electrons. The Hall–Kier alpha value is -3.82. The van der Waals surface area contributed by atoms with E-state index >= 15 is 0 Å². The first-order valence-electron chi connectivity index (χ1n) is 10.1. The van der Waals surface area contributed by atoms with Gasteiger partial charge in [0.1, 0.15) is 0 Å². The normalized spacial score (nSPS) is 9.38. The summed E-state index contributed by atoms with van der Waals surface area (Å²) in [4.78, 5) is 48.5. The van der Waals surface area contributed by atoms with Crippen LogP contribution < -0.4 is 11.5 Å². The van der Waals surface area contributed by atoms with Gasteiger partial charge >= 0.3 is 11.9 Å². The molecule has 6 N–H and O–H groups in total. The highest BCUT2D eigenvalue weighted by Crippen LogP contribution is 2.08. The molecule has 2 aromatic heterocycles. The van der Waals surface area contributed by atoms with Crippen LogP contribution in [0.2, 0.25) is 0 Å². The third-order valence-corrected chi connectivity index (χ3v) is 3.92. The van der Waals surface area contributed by atoms with Gasteiger partial charge in [0, 0.05) is 37.6 Å². The van der Waals surface area contributed by atoms with Gasteiger partial charge in [-0.25, -0.2) is 0 Å². The van der Waals surface area contributed by atoms with Crippen LogP contribution >= 0.6 is 0 Å². The fourth-order valence-electron chi connectivity index (χ4n) is 2.28. The largest absolute Gasteiger partial charge is 0.481 e. The Kier molecular flexibility index (Phi) is 15.8. The van der Waals surface area contributed by atoms with Crippen LogP contribution in [0.15, 0.2) is 49.1 Å². The third-order valence-electron chi connectivity index (χ3n) is 3.92. The van der Waals surface area contributed by atoms with Crippen molar-refractivity contribution < 1.29 is 29.4 Å². The van der Waals surface area contributed by atoms with Gasteiger partial charge in [0.15, 0.2) is 0 Å². The monoisotopic (exact) mass is 446 g/mol. The van der Waals surface area contributed by atoms with Crippen molar-refractivity contribution in [3.8, 4) is 0 Å². The fourth-order valence-corrected chi connectivity index (χ4v) is 2.28. The van der Waals surface area contributed by atoms with E-state index in [1.165, 1.54) is 12.4 Å². The molecule has 0 aliphatic heterocycles. The first-order valence-corrected chi connectivity index (χ1v) is 10.1. The molecule has 2 amide bonds. The Morgan fingerprint density at radius 2 is 1.00 bits per heavy atom. The topological polar surface area (TPSA) is 187 Å². The quantitative estimate of drug-likeness (QED) is 0.379. The Morgan fingerprint density at radius 3 is 1.22 bits per heavy atom. The average Bonchev–Trinajstić information content (AvgIpc) is 2.77. The molecule has 0 atom stereocenters. The van der Waals surface area contributed by atoms with Crippen LogP contribution in [0.5, 0.6) is 0 Å². The summed E-state index contributed by atoms with van der Waals surface area (Å²) in [7, 11) is 0. The fraction of sp³-hybridized carbons (Fsp3) is 0.364. The predicted molar refractivity (Wildman–Crippen MR) is 118 cm³/mol. The Morgan fingerprint density at radius 1 is 0.656 bits per heavy atom. The summed E-state index contributed by atoms with van der Waals surface area (Å²) >= 11 is 0. The zero-order valence-corrected chi connectivity index (χ0v) is 17.9. The first kappa shape index (κ1) is 28.2. The van der Waals surface area contributed by atoms with Gasteiger partial charge in [0.05, 0.1) is 11.1 Å². The minimum atomic E-state index is -0.740. The van der Waals surface area contributed by atoms with E-state index in [1.54, 1.807) is 36.7 Å². The number of hydrogen-bond donors (Lipinski definition) is 4. The van der Waals surface area contributed by atoms with Crippen molar-refractivity contribution in [3.63, 3.8) is 0 Å². The maximum absolute atomic E-state index is 10.4. The van der Waals surface area contributed by atoms with Gasteiger partial charge in [-0.1, -0.05) is 25.7 Å². The molecule has 2 aromatic rings. The van der Waals surface area contributed by atoms with Crippen LogP contribution in [0.25, 0.3) is 0 Å². The van der Waals surface area contributed by atoms with Gasteiger partial charge in [0.2, 0.25) is 11.8 Å². The number of carbonyl (C=O) groups is 4. The van der Waals surface area contributed by atoms with Crippen molar-refractivity contribution in [2.45, 2.75) is 51.4 Å². The smallest absolute Gasteiger partial charge is 0.303 e. The summed E-state index contributed by atoms with van der Waals surface area (Å²) in [5, 5.41) is 16.7. The maximum atomic E-state index is 10.4. The number of hydrogen-bond acceptors (Lipinski definition) is 6. The second kappa shape index (κ2) is 18.0. The molecule has 0 aromatic carbocycles. The van der Waals surface area contributed by atoms with Crippen LogP contribution in [0.4, 0.5) is 0 Å². The number of nitrogens with zero attached hydrogens (tertiary/aromatic N) is 2. The van der Waals surface area contributed by atoms with Crippen LogP contribution in [-0.4, -0.2) is 43.9 Å². The lowest BCUT2D eigenvalue weighted by Gasteiger charge is -1.98. The van der Waals surface area contributed by atoms with Crippen molar-refractivity contribution in [3.05, 3.63) is 60.2 Å². The lowest BCUT2D eigenvalue weighted by atomic mass is 10.1. The number of rotatable bonds is 11. The summed E-state index contributed by atoms with van der Waals surface area (Å²) in [6.07, 6.45) is 11.9. The van der Waals surface area contributed by atoms with Gasteiger partial charge in [-0.3, -0.25) is 29.1 Å². The van der Waals surface area contributed by atoms with Crippen LogP contribution in [-0.2, 0) is 9.59 Å². The Bertz CT molecular complexity index is 746. The number of unbranched alkanes of at least 4 members (excludes halogenated alkanes) is 5. The molecule has 32 heavy (non-hydrogen) atoms. The molecule has 0 saturated heterocycles. The third kappa shape index (κ3) is 17.1. The van der Waals surface area contributed by atoms with Crippen molar-refractivity contribution in [2.75, 3.05) is 0 Å². The zero-order chi connectivity index (χ0) is 24.2. The molecule has 0 spiro atoms. The van der Waals surface area contributed by atoms with E-state index in [1.807, 2.05) is 0 Å². The summed E-state index contributed by atoms with van der Waals surface area (Å²) < 4.78 is 0. The van der Waals surface area contributed by atoms with E-state index in [4.69, 9.17) is 21.7 Å². The molecule has 0 saturated carbocycles. The summed E-state index contributed by atoms with van der Waals surface area (Å²) in [6, 6.07) is 6.57. The molecule has 0 aliphatic rings. The molecule has 10 heteroatoms. The number of carboxylic acids is 2. The molecule has 0 bridgehead atoms. The van der Waals surface area contributed by atoms with Crippen LogP contribution in [0.1, 0.15) is 72.1 Å². The molecule has 2 heterocycles. The number of aromatic nitrogens is 2. The number of amides is 2. The first-order chi connectivity index (χ1) is 15.2. The Labute approximate surface area is 186 Å². The second-order valence-corrected chi connectivity index (χ2v) is 6.62. The van der Waals surface area contributed by atoms with E-state index in [-0.39, 0.29) is 12.8 Å². The van der Waals surface area contributed by atoms with Gasteiger partial charge in [-0.2, -0.15) is 0 Å². The van der Waals surface area contributed by atoms with Crippen molar-refractivity contribution in [2.24, 2.45) is 11.5 Å². The van der Waals surface area contributed by atoms with Crippen molar-refractivity contribution >= 4 is 23.8 Å². The second-order valence-electron chi connectivity index (χ2n) is 6.62. The number of pyridine rings is 2. The molecular weight excluding hydrogens is 416 g/mol. The van der Waals surface area contributed by atoms with E-state index < -0.39 is 23.8 Å². The lowest BCUT2D eigenvalue weighted by molar-refractivity contribution is -0.138. The van der Waals surface area contributed by atoms with Crippen molar-refractivity contribution in [1.29, 1.82) is 0 Å². The summed E-state index contributed by atoms with van der Waals surface area (Å²) in [5.74, 6) is -2.36. The molecule has 0 radical (unpaired) electrons. The molecule has 10 nitrogen and oxygen atoms in total. The van der Waals surface area contributed by atoms with Crippen LogP contribution in [0.3, 0.4) is 0 Å². The molecule has 0 fully saturated rings. The molecule has 0 aliphatic carbocycles. The molecule has 2 rings (SSSR count). The number of carbonyl (C=O) groups excluding carboxylic acids is 2. The average molecular weight is 447 g/mol. The van der Waals surface area contributed by atoms with Gasteiger partial charge in [-0.15, -0.1) is 0 Å². The number of carboxylic acid groups (broad SMARTS) is 2. The van der Waals surface area contributed by atoms with E-state index in [0.717, 1.165) is 38.5 Å². The highest BCUT2D eigenvalue weighted by atomic mass is 16.4. The highest BCUT2D eigenvalue weighted by Gasteiger charge is 1.98. The highest BCUT2D eigenvalue weighted by molar-refractivity contribution is 5.92. The van der Waals surface area contributed by atoms with Gasteiger partial charge in [0.25, 0.3) is 0 Å². The molecule has 0 unspecified atom stereocenters. The SMILES string of the molecule is NC(=O)c1cccnc1.NC(=O)c1cccnc1.O=C(O)CCCCCCCCC(=O)O. The number of primary amides is 2. The zero-order valence-electron chi connectivity index (χ0n) is 17.9. The maximum Gasteiger partial charge on any atom is 0.303 e. The van der Waals surface area contributed by atoms with Crippen LogP contribution in [0, 0.1) is 0 Å². The van der Waals surface area contributed by atoms with E-state index in [9.17, 15) is 19.2 Å². The van der Waals surface area contributed by atoms with Crippen molar-refractivity contribution in [1.82, 2.24) is 9.97 Å².